The number of nitrogens with two attached hydrogens (primary N) is 1. The third-order valence-electron chi connectivity index (χ3n) is 5.37. The van der Waals surface area contributed by atoms with Crippen LogP contribution in [0.2, 0.25) is 0 Å². The Morgan fingerprint density at radius 3 is 2.46 bits per heavy atom. The first-order chi connectivity index (χ1) is 13.5. The molecule has 0 bridgehead atoms. The molecule has 2 N–H and O–H groups in total. The smallest absolute Gasteiger partial charge is 0.244 e. The van der Waals surface area contributed by atoms with Gasteiger partial charge < -0.3 is 5.73 Å². The molecule has 0 aliphatic heterocycles. The molecule has 0 spiro atoms. The van der Waals surface area contributed by atoms with Crippen LogP contribution in [0, 0.1) is 0 Å². The molecule has 5 nitrogen and oxygen atoms in total. The molecule has 0 amide bonds. The van der Waals surface area contributed by atoms with Gasteiger partial charge in [0.25, 0.3) is 0 Å². The lowest BCUT2D eigenvalue weighted by Crippen LogP contribution is -2.30. The van der Waals surface area contributed by atoms with E-state index in [1.165, 1.54) is 3.97 Å². The zero-order chi connectivity index (χ0) is 19.7. The number of nitrogen functional groups attached to an aromatic ring is 1. The highest BCUT2D eigenvalue weighted by Gasteiger charge is 2.32. The van der Waals surface area contributed by atoms with Gasteiger partial charge in [0.15, 0.2) is 0 Å². The van der Waals surface area contributed by atoms with Crippen LogP contribution in [0.1, 0.15) is 43.2 Å². The number of imidazole rings is 1. The highest BCUT2D eigenvalue weighted by molar-refractivity contribution is 9.11. The van der Waals surface area contributed by atoms with E-state index in [0.29, 0.717) is 23.9 Å². The zero-order valence-corrected chi connectivity index (χ0v) is 17.8. The predicted molar refractivity (Wildman–Crippen MR) is 118 cm³/mol. The molecule has 0 saturated heterocycles. The molecule has 2 aromatic carbocycles. The third kappa shape index (κ3) is 3.37. The molecule has 0 atom stereocenters. The fourth-order valence-electron chi connectivity index (χ4n) is 3.93. The maximum absolute atomic E-state index is 13.3. The molecule has 1 heterocycles. The van der Waals surface area contributed by atoms with Crippen LogP contribution >= 0.6 is 15.9 Å². The van der Waals surface area contributed by atoms with Crippen LogP contribution in [0.4, 0.5) is 5.95 Å². The maximum Gasteiger partial charge on any atom is 0.244 e. The van der Waals surface area contributed by atoms with Crippen LogP contribution in [0.15, 0.2) is 53.5 Å². The average molecular weight is 460 g/mol. The van der Waals surface area contributed by atoms with Crippen molar-refractivity contribution in [2.45, 2.75) is 37.4 Å². The molecule has 1 saturated carbocycles. The lowest BCUT2D eigenvalue weighted by Gasteiger charge is -2.22. The van der Waals surface area contributed by atoms with Gasteiger partial charge in [0.1, 0.15) is 0 Å². The van der Waals surface area contributed by atoms with Crippen LogP contribution in [-0.2, 0) is 10.0 Å². The molecular weight excluding hydrogens is 438 g/mol. The van der Waals surface area contributed by atoms with Crippen LogP contribution in [-0.4, -0.2) is 22.6 Å². The van der Waals surface area contributed by atoms with Gasteiger partial charge in [-0.2, -0.15) is 0 Å². The Morgan fingerprint density at radius 1 is 1.07 bits per heavy atom. The summed E-state index contributed by atoms with van der Waals surface area (Å²) in [5, 5.41) is -0.398. The molecule has 4 rings (SSSR count). The number of aromatic nitrogens is 2. The third-order valence-corrected chi connectivity index (χ3v) is 8.03. The normalized spacial score (nSPS) is 16.5. The zero-order valence-electron chi connectivity index (χ0n) is 15.4. The first kappa shape index (κ1) is 19.2. The van der Waals surface area contributed by atoms with Crippen molar-refractivity contribution in [2.75, 3.05) is 5.73 Å². The van der Waals surface area contributed by atoms with Gasteiger partial charge in [-0.05, 0) is 46.7 Å². The predicted octanol–water partition coefficient (Wildman–Crippen LogP) is 4.91. The van der Waals surface area contributed by atoms with Crippen molar-refractivity contribution in [3.05, 3.63) is 64.6 Å². The summed E-state index contributed by atoms with van der Waals surface area (Å²) >= 11 is 3.45. The number of hydrogen-bond donors (Lipinski definition) is 1. The summed E-state index contributed by atoms with van der Waals surface area (Å²) in [6.45, 7) is 0. The van der Waals surface area contributed by atoms with E-state index in [4.69, 9.17) is 5.73 Å². The van der Waals surface area contributed by atoms with Crippen LogP contribution in [0.25, 0.3) is 16.6 Å². The number of nitrogens with zero attached hydrogens (tertiary/aromatic N) is 2. The molecule has 0 radical (unpaired) electrons. The highest BCUT2D eigenvalue weighted by atomic mass is 79.9. The molecule has 3 aromatic rings. The first-order valence-corrected chi connectivity index (χ1v) is 11.8. The first-order valence-electron chi connectivity index (χ1n) is 9.41. The van der Waals surface area contributed by atoms with Crippen molar-refractivity contribution in [2.24, 2.45) is 0 Å². The molecule has 1 aromatic heterocycles. The van der Waals surface area contributed by atoms with E-state index in [1.807, 2.05) is 53.5 Å². The van der Waals surface area contributed by atoms with Crippen molar-refractivity contribution in [3.8, 4) is 0 Å². The van der Waals surface area contributed by atoms with Gasteiger partial charge in [-0.3, -0.25) is 0 Å². The van der Waals surface area contributed by atoms with Gasteiger partial charge in [0.05, 0.1) is 16.3 Å². The quantitative estimate of drug-likeness (QED) is 0.600. The lowest BCUT2D eigenvalue weighted by atomic mass is 9.99. The van der Waals surface area contributed by atoms with E-state index in [2.05, 4.69) is 20.9 Å². The van der Waals surface area contributed by atoms with Gasteiger partial charge in [-0.15, -0.1) is 0 Å². The maximum atomic E-state index is 13.3. The van der Waals surface area contributed by atoms with Crippen LogP contribution in [0.5, 0.6) is 0 Å². The van der Waals surface area contributed by atoms with Gasteiger partial charge in [-0.1, -0.05) is 71.6 Å². The number of benzene rings is 2. The van der Waals surface area contributed by atoms with E-state index in [-0.39, 0.29) is 5.95 Å². The standard InChI is InChI=1S/C21H22BrN3O2S/c22-14-18(15-7-3-1-4-8-15)16-11-12-19-20(13-16)25(21(23)24-19)28(26,27)17-9-5-2-6-10-17/h1,3-4,7-8,11-14,17H,2,5-6,9-10H2,(H2,23,24)/b18-14+. The van der Waals surface area contributed by atoms with E-state index >= 15 is 0 Å². The minimum absolute atomic E-state index is 0.0295. The number of fused-ring (bicyclic) bond motifs is 1. The second-order valence-corrected chi connectivity index (χ2v) is 9.65. The van der Waals surface area contributed by atoms with Crippen molar-refractivity contribution in [3.63, 3.8) is 0 Å². The van der Waals surface area contributed by atoms with E-state index in [0.717, 1.165) is 36.0 Å². The summed E-state index contributed by atoms with van der Waals surface area (Å²) in [4.78, 5) is 6.15. The summed E-state index contributed by atoms with van der Waals surface area (Å²) in [5.74, 6) is 0.0295. The summed E-state index contributed by atoms with van der Waals surface area (Å²) in [7, 11) is -3.59. The van der Waals surface area contributed by atoms with Crippen LogP contribution in [0.3, 0.4) is 0 Å². The SMILES string of the molecule is Nc1nc2ccc(/C(=C/Br)c3ccccc3)cc2n1S(=O)(=O)C1CCCCC1. The Balaban J connectivity index is 1.85. The molecule has 1 aliphatic rings. The molecular formula is C21H22BrN3O2S. The van der Waals surface area contributed by atoms with Gasteiger partial charge >= 0.3 is 0 Å². The number of hydrogen-bond acceptors (Lipinski definition) is 4. The van der Waals surface area contributed by atoms with Crippen molar-refractivity contribution in [1.29, 1.82) is 0 Å². The highest BCUT2D eigenvalue weighted by Crippen LogP contribution is 2.32. The Hall–Kier alpha value is -2.12. The Bertz CT molecular complexity index is 1130. The van der Waals surface area contributed by atoms with Crippen molar-refractivity contribution in [1.82, 2.24) is 8.96 Å². The number of halogens is 1. The van der Waals surface area contributed by atoms with E-state index in [1.54, 1.807) is 0 Å². The fourth-order valence-corrected chi connectivity index (χ4v) is 6.41. The van der Waals surface area contributed by atoms with E-state index in [9.17, 15) is 8.42 Å². The minimum atomic E-state index is -3.59. The monoisotopic (exact) mass is 459 g/mol. The molecule has 7 heteroatoms. The molecule has 146 valence electrons. The molecule has 1 fully saturated rings. The summed E-state index contributed by atoms with van der Waals surface area (Å²) in [6.07, 6.45) is 4.32. The minimum Gasteiger partial charge on any atom is -0.368 e. The Kier molecular flexibility index (Phi) is 5.29. The van der Waals surface area contributed by atoms with E-state index < -0.39 is 15.3 Å². The number of rotatable bonds is 4. The lowest BCUT2D eigenvalue weighted by molar-refractivity contribution is 0.480. The summed E-state index contributed by atoms with van der Waals surface area (Å²) in [6, 6.07) is 15.6. The average Bonchev–Trinajstić information content (AvgIpc) is 3.06. The molecule has 28 heavy (non-hydrogen) atoms. The Labute approximate surface area is 173 Å². The van der Waals surface area contributed by atoms with Gasteiger partial charge in [0, 0.05) is 0 Å². The van der Waals surface area contributed by atoms with Crippen molar-refractivity contribution >= 4 is 48.5 Å². The van der Waals surface area contributed by atoms with Gasteiger partial charge in [-0.25, -0.2) is 17.4 Å². The number of anilines is 1. The summed E-state index contributed by atoms with van der Waals surface area (Å²) in [5.41, 5.74) is 10.1. The second-order valence-electron chi connectivity index (χ2n) is 7.13. The largest absolute Gasteiger partial charge is 0.368 e. The topological polar surface area (TPSA) is 78.0 Å². The van der Waals surface area contributed by atoms with Crippen molar-refractivity contribution < 1.29 is 8.42 Å². The Morgan fingerprint density at radius 2 is 1.79 bits per heavy atom. The second kappa shape index (κ2) is 7.72. The summed E-state index contributed by atoms with van der Waals surface area (Å²) < 4.78 is 27.9. The molecule has 0 unspecified atom stereocenters. The molecule has 1 aliphatic carbocycles. The van der Waals surface area contributed by atoms with Crippen LogP contribution < -0.4 is 5.73 Å². The fraction of sp³-hybridized carbons (Fsp3) is 0.286. The van der Waals surface area contributed by atoms with Gasteiger partial charge in [0.2, 0.25) is 16.0 Å².